The van der Waals surface area contributed by atoms with Crippen LogP contribution in [0.3, 0.4) is 0 Å². The Morgan fingerprint density at radius 1 is 1.05 bits per heavy atom. The van der Waals surface area contributed by atoms with Crippen molar-refractivity contribution in [2.75, 3.05) is 26.2 Å². The summed E-state index contributed by atoms with van der Waals surface area (Å²) in [7, 11) is 0. The molecule has 0 bridgehead atoms. The molecule has 0 aromatic carbocycles. The van der Waals surface area contributed by atoms with E-state index in [0.717, 1.165) is 32.6 Å². The molecule has 0 spiro atoms. The minimum Gasteiger partial charge on any atom is -0.479 e. The number of carboxylic acids is 1. The van der Waals surface area contributed by atoms with Crippen molar-refractivity contribution >= 4 is 11.9 Å². The molecule has 0 aromatic heterocycles. The third kappa shape index (κ3) is 2.47. The van der Waals surface area contributed by atoms with Crippen molar-refractivity contribution in [3.8, 4) is 0 Å². The maximum Gasteiger partial charge on any atom is 0.332 e. The lowest BCUT2D eigenvalue weighted by molar-refractivity contribution is -0.155. The summed E-state index contributed by atoms with van der Waals surface area (Å²) < 4.78 is 5.34. The average Bonchev–Trinajstić information content (AvgIpc) is 3.06. The molecule has 6 heteroatoms. The molecule has 6 nitrogen and oxygen atoms in total. The van der Waals surface area contributed by atoms with Crippen LogP contribution in [-0.2, 0) is 14.3 Å². The van der Waals surface area contributed by atoms with Gasteiger partial charge in [0.1, 0.15) is 6.10 Å². The van der Waals surface area contributed by atoms with Gasteiger partial charge in [-0.2, -0.15) is 0 Å². The zero-order valence-corrected chi connectivity index (χ0v) is 11.0. The molecule has 19 heavy (non-hydrogen) atoms. The minimum atomic E-state index is -0.962. The summed E-state index contributed by atoms with van der Waals surface area (Å²) in [4.78, 5) is 27.5. The van der Waals surface area contributed by atoms with Crippen molar-refractivity contribution in [2.45, 2.75) is 43.9 Å². The maximum absolute atomic E-state index is 12.3. The summed E-state index contributed by atoms with van der Waals surface area (Å²) in [6.07, 6.45) is 1.99. The van der Waals surface area contributed by atoms with Crippen LogP contribution in [0.5, 0.6) is 0 Å². The first-order valence-corrected chi connectivity index (χ1v) is 7.06. The van der Waals surface area contributed by atoms with E-state index in [4.69, 9.17) is 9.84 Å². The first kappa shape index (κ1) is 12.9. The quantitative estimate of drug-likeness (QED) is 0.759. The summed E-state index contributed by atoms with van der Waals surface area (Å²) in [5, 5.41) is 8.89. The summed E-state index contributed by atoms with van der Waals surface area (Å²) in [5.74, 6) is -0.980. The lowest BCUT2D eigenvalue weighted by Crippen LogP contribution is -2.54. The second-order valence-electron chi connectivity index (χ2n) is 5.65. The molecule has 106 valence electrons. The molecule has 3 aliphatic heterocycles. The van der Waals surface area contributed by atoms with Gasteiger partial charge in [-0.3, -0.25) is 9.69 Å². The van der Waals surface area contributed by atoms with Crippen LogP contribution in [0.15, 0.2) is 0 Å². The van der Waals surface area contributed by atoms with Gasteiger partial charge in [-0.25, -0.2) is 4.79 Å². The number of ether oxygens (including phenoxy) is 1. The number of carbonyl (C=O) groups excluding carboxylic acids is 1. The standard InChI is InChI=1S/C13H20N2O4/c16-12(10-3-4-11(19-10)13(17)18)15-7-6-14-5-1-2-9(14)8-15/h9-11H,1-8H2,(H,17,18). The van der Waals surface area contributed by atoms with E-state index in [9.17, 15) is 9.59 Å². The highest BCUT2D eigenvalue weighted by Crippen LogP contribution is 2.25. The van der Waals surface area contributed by atoms with Crippen LogP contribution in [0.2, 0.25) is 0 Å². The van der Waals surface area contributed by atoms with Crippen LogP contribution in [-0.4, -0.2) is 71.2 Å². The molecule has 3 unspecified atom stereocenters. The normalized spacial score (nSPS) is 35.4. The Balaban J connectivity index is 1.57. The average molecular weight is 268 g/mol. The van der Waals surface area contributed by atoms with E-state index in [1.807, 2.05) is 4.90 Å². The Hall–Kier alpha value is -1.14. The molecule has 0 aromatic rings. The molecule has 3 aliphatic rings. The van der Waals surface area contributed by atoms with Gasteiger partial charge in [-0.05, 0) is 32.2 Å². The summed E-state index contributed by atoms with van der Waals surface area (Å²) >= 11 is 0. The molecular weight excluding hydrogens is 248 g/mol. The van der Waals surface area contributed by atoms with Crippen LogP contribution < -0.4 is 0 Å². The highest BCUT2D eigenvalue weighted by atomic mass is 16.5. The van der Waals surface area contributed by atoms with Gasteiger partial charge >= 0.3 is 5.97 Å². The molecule has 3 heterocycles. The first-order valence-electron chi connectivity index (χ1n) is 7.06. The second kappa shape index (κ2) is 5.09. The Kier molecular flexibility index (Phi) is 3.45. The third-order valence-electron chi connectivity index (χ3n) is 4.47. The molecule has 3 saturated heterocycles. The van der Waals surface area contributed by atoms with E-state index in [2.05, 4.69) is 4.90 Å². The topological polar surface area (TPSA) is 70.1 Å². The Morgan fingerprint density at radius 2 is 1.84 bits per heavy atom. The van der Waals surface area contributed by atoms with Crippen molar-refractivity contribution in [1.82, 2.24) is 9.80 Å². The predicted octanol–water partition coefficient (Wildman–Crippen LogP) is -0.0748. The Morgan fingerprint density at radius 3 is 2.58 bits per heavy atom. The summed E-state index contributed by atoms with van der Waals surface area (Å²) in [5.41, 5.74) is 0. The summed E-state index contributed by atoms with van der Waals surface area (Å²) in [6.45, 7) is 3.60. The predicted molar refractivity (Wildman–Crippen MR) is 66.7 cm³/mol. The molecule has 3 atom stereocenters. The molecule has 0 saturated carbocycles. The largest absolute Gasteiger partial charge is 0.479 e. The number of carbonyl (C=O) groups is 2. The van der Waals surface area contributed by atoms with Gasteiger partial charge in [-0.1, -0.05) is 0 Å². The number of carboxylic acid groups (broad SMARTS) is 1. The first-order chi connectivity index (χ1) is 9.15. The van der Waals surface area contributed by atoms with Gasteiger partial charge in [0.05, 0.1) is 0 Å². The number of hydrogen-bond acceptors (Lipinski definition) is 4. The molecular formula is C13H20N2O4. The number of hydrogen-bond donors (Lipinski definition) is 1. The fraction of sp³-hybridized carbons (Fsp3) is 0.846. The number of fused-ring (bicyclic) bond motifs is 1. The molecule has 3 fully saturated rings. The van der Waals surface area contributed by atoms with Gasteiger partial charge in [0.2, 0.25) is 0 Å². The Bertz CT molecular complexity index is 387. The molecule has 0 radical (unpaired) electrons. The fourth-order valence-electron chi connectivity index (χ4n) is 3.40. The number of piperazine rings is 1. The van der Waals surface area contributed by atoms with E-state index in [-0.39, 0.29) is 5.91 Å². The smallest absolute Gasteiger partial charge is 0.332 e. The number of nitrogens with zero attached hydrogens (tertiary/aromatic N) is 2. The van der Waals surface area contributed by atoms with E-state index in [0.29, 0.717) is 18.9 Å². The van der Waals surface area contributed by atoms with Gasteiger partial charge in [0.15, 0.2) is 6.10 Å². The minimum absolute atomic E-state index is 0.0182. The van der Waals surface area contributed by atoms with E-state index >= 15 is 0 Å². The van der Waals surface area contributed by atoms with Crippen LogP contribution in [0.4, 0.5) is 0 Å². The van der Waals surface area contributed by atoms with Crippen molar-refractivity contribution in [3.63, 3.8) is 0 Å². The van der Waals surface area contributed by atoms with Gasteiger partial charge in [-0.15, -0.1) is 0 Å². The number of amides is 1. The van der Waals surface area contributed by atoms with Crippen LogP contribution in [0.25, 0.3) is 0 Å². The monoisotopic (exact) mass is 268 g/mol. The molecule has 0 aliphatic carbocycles. The fourth-order valence-corrected chi connectivity index (χ4v) is 3.40. The molecule has 1 N–H and O–H groups in total. The second-order valence-corrected chi connectivity index (χ2v) is 5.65. The van der Waals surface area contributed by atoms with Crippen LogP contribution in [0.1, 0.15) is 25.7 Å². The van der Waals surface area contributed by atoms with Crippen LogP contribution in [0, 0.1) is 0 Å². The van der Waals surface area contributed by atoms with E-state index < -0.39 is 18.2 Å². The van der Waals surface area contributed by atoms with Crippen molar-refractivity contribution in [3.05, 3.63) is 0 Å². The Labute approximate surface area is 112 Å². The lowest BCUT2D eigenvalue weighted by atomic mass is 10.1. The van der Waals surface area contributed by atoms with Gasteiger partial charge in [0, 0.05) is 25.7 Å². The van der Waals surface area contributed by atoms with Gasteiger partial charge in [0.25, 0.3) is 5.91 Å². The number of rotatable bonds is 2. The van der Waals surface area contributed by atoms with Crippen molar-refractivity contribution < 1.29 is 19.4 Å². The zero-order chi connectivity index (χ0) is 13.4. The highest BCUT2D eigenvalue weighted by Gasteiger charge is 2.39. The van der Waals surface area contributed by atoms with Gasteiger partial charge < -0.3 is 14.7 Å². The third-order valence-corrected chi connectivity index (χ3v) is 4.47. The zero-order valence-electron chi connectivity index (χ0n) is 11.0. The SMILES string of the molecule is O=C(O)C1CCC(C(=O)N2CCN3CCCC3C2)O1. The van der Waals surface area contributed by atoms with Crippen LogP contribution >= 0.6 is 0 Å². The maximum atomic E-state index is 12.3. The lowest BCUT2D eigenvalue weighted by Gasteiger charge is -2.38. The van der Waals surface area contributed by atoms with Crippen molar-refractivity contribution in [1.29, 1.82) is 0 Å². The van der Waals surface area contributed by atoms with Crippen molar-refractivity contribution in [2.24, 2.45) is 0 Å². The van der Waals surface area contributed by atoms with E-state index in [1.165, 1.54) is 6.42 Å². The summed E-state index contributed by atoms with van der Waals surface area (Å²) in [6, 6.07) is 0.495. The molecule has 1 amide bonds. The van der Waals surface area contributed by atoms with E-state index in [1.54, 1.807) is 0 Å². The number of aliphatic carboxylic acids is 1. The highest BCUT2D eigenvalue weighted by molar-refractivity contribution is 5.82. The molecule has 3 rings (SSSR count).